The second-order valence-corrected chi connectivity index (χ2v) is 6.30. The van der Waals surface area contributed by atoms with Crippen molar-refractivity contribution in [1.29, 1.82) is 0 Å². The van der Waals surface area contributed by atoms with Gasteiger partial charge in [0.1, 0.15) is 0 Å². The van der Waals surface area contributed by atoms with Gasteiger partial charge in [0.2, 0.25) is 0 Å². The van der Waals surface area contributed by atoms with Crippen molar-refractivity contribution in [2.24, 2.45) is 5.92 Å². The van der Waals surface area contributed by atoms with Crippen LogP contribution >= 0.6 is 11.6 Å². The summed E-state index contributed by atoms with van der Waals surface area (Å²) in [5.74, 6) is 0.765. The van der Waals surface area contributed by atoms with Gasteiger partial charge in [0, 0.05) is 22.6 Å². The molecule has 0 saturated heterocycles. The van der Waals surface area contributed by atoms with Gasteiger partial charge in [-0.25, -0.2) is 0 Å². The summed E-state index contributed by atoms with van der Waals surface area (Å²) in [7, 11) is 0. The first-order chi connectivity index (χ1) is 9.74. The number of rotatable bonds is 3. The molecule has 1 atom stereocenters. The van der Waals surface area contributed by atoms with Crippen LogP contribution in [0, 0.1) is 5.92 Å². The highest BCUT2D eigenvalue weighted by molar-refractivity contribution is 6.31. The van der Waals surface area contributed by atoms with Crippen LogP contribution in [0.3, 0.4) is 0 Å². The van der Waals surface area contributed by atoms with Crippen molar-refractivity contribution in [3.63, 3.8) is 0 Å². The predicted octanol–water partition coefficient (Wildman–Crippen LogP) is 5.27. The minimum absolute atomic E-state index is 0.471. The van der Waals surface area contributed by atoms with Crippen molar-refractivity contribution >= 4 is 28.2 Å². The molecule has 3 heteroatoms. The maximum Gasteiger partial charge on any atom is 0.0934 e. The third-order valence-corrected chi connectivity index (χ3v) is 4.63. The van der Waals surface area contributed by atoms with Gasteiger partial charge in [-0.1, -0.05) is 36.9 Å². The molecule has 0 bridgehead atoms. The van der Waals surface area contributed by atoms with Gasteiger partial charge in [-0.15, -0.1) is 0 Å². The molecule has 1 heterocycles. The Labute approximate surface area is 125 Å². The molecule has 1 aromatic carbocycles. The normalized spacial score (nSPS) is 18.1. The number of hydrogen-bond donors (Lipinski definition) is 1. The van der Waals surface area contributed by atoms with E-state index in [0.29, 0.717) is 6.04 Å². The molecule has 1 aliphatic rings. The number of fused-ring (bicyclic) bond motifs is 1. The summed E-state index contributed by atoms with van der Waals surface area (Å²) in [5.41, 5.74) is 2.07. The fourth-order valence-corrected chi connectivity index (χ4v) is 3.49. The van der Waals surface area contributed by atoms with E-state index in [1.54, 1.807) is 0 Å². The SMILES string of the molecule is CC(Nc1cc(Cl)cc2cccnc12)C1CCCCC1. The van der Waals surface area contributed by atoms with Crippen LogP contribution in [0.25, 0.3) is 10.9 Å². The molecule has 1 aliphatic carbocycles. The summed E-state index contributed by atoms with van der Waals surface area (Å²) in [6.07, 6.45) is 8.63. The average molecular weight is 289 g/mol. The van der Waals surface area contributed by atoms with Gasteiger partial charge in [0.05, 0.1) is 11.2 Å². The second kappa shape index (κ2) is 6.01. The first kappa shape index (κ1) is 13.7. The van der Waals surface area contributed by atoms with E-state index in [1.165, 1.54) is 32.1 Å². The van der Waals surface area contributed by atoms with Crippen LogP contribution in [0.5, 0.6) is 0 Å². The third kappa shape index (κ3) is 2.90. The number of pyridine rings is 1. The third-order valence-electron chi connectivity index (χ3n) is 4.41. The summed E-state index contributed by atoms with van der Waals surface area (Å²) in [5, 5.41) is 5.51. The molecule has 0 radical (unpaired) electrons. The molecule has 1 aromatic heterocycles. The number of hydrogen-bond acceptors (Lipinski definition) is 2. The number of benzene rings is 1. The number of nitrogens with one attached hydrogen (secondary N) is 1. The zero-order valence-corrected chi connectivity index (χ0v) is 12.7. The standard InChI is InChI=1S/C17H21ClN2/c1-12(13-6-3-2-4-7-13)20-16-11-15(18)10-14-8-5-9-19-17(14)16/h5,8-13,20H,2-4,6-7H2,1H3. The van der Waals surface area contributed by atoms with Crippen molar-refractivity contribution < 1.29 is 0 Å². The lowest BCUT2D eigenvalue weighted by Crippen LogP contribution is -2.27. The zero-order chi connectivity index (χ0) is 13.9. The van der Waals surface area contributed by atoms with E-state index in [4.69, 9.17) is 11.6 Å². The molecule has 0 aliphatic heterocycles. The Morgan fingerprint density at radius 1 is 1.25 bits per heavy atom. The Kier molecular flexibility index (Phi) is 4.11. The van der Waals surface area contributed by atoms with E-state index in [-0.39, 0.29) is 0 Å². The van der Waals surface area contributed by atoms with Gasteiger partial charge in [0.25, 0.3) is 0 Å². The Morgan fingerprint density at radius 2 is 2.05 bits per heavy atom. The monoisotopic (exact) mass is 288 g/mol. The Hall–Kier alpha value is -1.28. The first-order valence-electron chi connectivity index (χ1n) is 7.55. The largest absolute Gasteiger partial charge is 0.381 e. The van der Waals surface area contributed by atoms with Crippen molar-refractivity contribution in [3.8, 4) is 0 Å². The van der Waals surface area contributed by atoms with Gasteiger partial charge in [-0.05, 0) is 43.9 Å². The molecule has 3 rings (SSSR count). The highest BCUT2D eigenvalue weighted by atomic mass is 35.5. The van der Waals surface area contributed by atoms with Gasteiger partial charge in [-0.2, -0.15) is 0 Å². The molecule has 2 aromatic rings. The summed E-state index contributed by atoms with van der Waals surface area (Å²) in [6, 6.07) is 8.45. The highest BCUT2D eigenvalue weighted by Crippen LogP contribution is 2.31. The molecule has 1 unspecified atom stereocenters. The van der Waals surface area contributed by atoms with E-state index in [0.717, 1.165) is 27.5 Å². The van der Waals surface area contributed by atoms with E-state index < -0.39 is 0 Å². The fourth-order valence-electron chi connectivity index (χ4n) is 3.26. The maximum atomic E-state index is 6.23. The lowest BCUT2D eigenvalue weighted by Gasteiger charge is -2.29. The van der Waals surface area contributed by atoms with E-state index >= 15 is 0 Å². The van der Waals surface area contributed by atoms with Crippen LogP contribution in [0.15, 0.2) is 30.5 Å². The summed E-state index contributed by atoms with van der Waals surface area (Å²) in [4.78, 5) is 4.50. The Bertz CT molecular complexity index is 591. The van der Waals surface area contributed by atoms with Crippen molar-refractivity contribution in [1.82, 2.24) is 4.98 Å². The van der Waals surface area contributed by atoms with Crippen LogP contribution in [0.2, 0.25) is 5.02 Å². The number of halogens is 1. The van der Waals surface area contributed by atoms with Crippen LogP contribution < -0.4 is 5.32 Å². The molecule has 1 fully saturated rings. The zero-order valence-electron chi connectivity index (χ0n) is 11.9. The van der Waals surface area contributed by atoms with E-state index in [1.807, 2.05) is 24.4 Å². The minimum atomic E-state index is 0.471. The van der Waals surface area contributed by atoms with Gasteiger partial charge >= 0.3 is 0 Å². The smallest absolute Gasteiger partial charge is 0.0934 e. The quantitative estimate of drug-likeness (QED) is 0.832. The first-order valence-corrected chi connectivity index (χ1v) is 7.92. The highest BCUT2D eigenvalue weighted by Gasteiger charge is 2.20. The molecule has 0 amide bonds. The van der Waals surface area contributed by atoms with E-state index in [9.17, 15) is 0 Å². The fraction of sp³-hybridized carbons (Fsp3) is 0.471. The molecule has 2 nitrogen and oxygen atoms in total. The van der Waals surface area contributed by atoms with Crippen LogP contribution in [0.1, 0.15) is 39.0 Å². The maximum absolute atomic E-state index is 6.23. The Balaban J connectivity index is 1.86. The van der Waals surface area contributed by atoms with Crippen LogP contribution in [0.4, 0.5) is 5.69 Å². The van der Waals surface area contributed by atoms with Crippen molar-refractivity contribution in [2.75, 3.05) is 5.32 Å². The molecular weight excluding hydrogens is 268 g/mol. The topological polar surface area (TPSA) is 24.9 Å². The predicted molar refractivity (Wildman–Crippen MR) is 86.4 cm³/mol. The lowest BCUT2D eigenvalue weighted by atomic mass is 9.84. The number of nitrogens with zero attached hydrogens (tertiary/aromatic N) is 1. The molecule has 0 spiro atoms. The minimum Gasteiger partial charge on any atom is -0.381 e. The Morgan fingerprint density at radius 3 is 2.85 bits per heavy atom. The average Bonchev–Trinajstić information content (AvgIpc) is 2.48. The number of aromatic nitrogens is 1. The second-order valence-electron chi connectivity index (χ2n) is 5.86. The van der Waals surface area contributed by atoms with Crippen molar-refractivity contribution in [3.05, 3.63) is 35.5 Å². The molecule has 20 heavy (non-hydrogen) atoms. The molecule has 1 N–H and O–H groups in total. The molecule has 1 saturated carbocycles. The summed E-state index contributed by atoms with van der Waals surface area (Å²) < 4.78 is 0. The van der Waals surface area contributed by atoms with Crippen LogP contribution in [-0.4, -0.2) is 11.0 Å². The molecule has 106 valence electrons. The van der Waals surface area contributed by atoms with E-state index in [2.05, 4.69) is 23.3 Å². The van der Waals surface area contributed by atoms with Gasteiger partial charge < -0.3 is 5.32 Å². The molecular formula is C17H21ClN2. The van der Waals surface area contributed by atoms with Crippen molar-refractivity contribution in [2.45, 2.75) is 45.1 Å². The summed E-state index contributed by atoms with van der Waals surface area (Å²) in [6.45, 7) is 2.28. The van der Waals surface area contributed by atoms with Crippen LogP contribution in [-0.2, 0) is 0 Å². The van der Waals surface area contributed by atoms with Gasteiger partial charge in [-0.3, -0.25) is 4.98 Å². The van der Waals surface area contributed by atoms with Gasteiger partial charge in [0.15, 0.2) is 0 Å². The summed E-state index contributed by atoms with van der Waals surface area (Å²) >= 11 is 6.23. The number of anilines is 1. The lowest BCUT2D eigenvalue weighted by molar-refractivity contribution is 0.328.